The molecule has 1 N–H and O–H groups in total. The number of rotatable bonds is 12. The van der Waals surface area contributed by atoms with Crippen LogP contribution in [0.15, 0.2) is 45.3 Å². The van der Waals surface area contributed by atoms with Gasteiger partial charge in [-0.25, -0.2) is 9.69 Å². The van der Waals surface area contributed by atoms with Crippen molar-refractivity contribution in [3.05, 3.63) is 58.0 Å². The van der Waals surface area contributed by atoms with E-state index in [-0.39, 0.29) is 19.8 Å². The smallest absolute Gasteiger partial charge is 0.416 e. The third kappa shape index (κ3) is 7.16. The Balaban J connectivity index is 1.76. The average molecular weight is 552 g/mol. The molecule has 1 fully saturated rings. The second-order valence-electron chi connectivity index (χ2n) is 8.31. The van der Waals surface area contributed by atoms with E-state index in [1.54, 1.807) is 13.0 Å². The Morgan fingerprint density at radius 3 is 2.69 bits per heavy atom. The van der Waals surface area contributed by atoms with Crippen LogP contribution in [0, 0.1) is 5.92 Å². The number of aliphatic hydroxyl groups excluding tert-OH is 1. The van der Waals surface area contributed by atoms with Crippen LogP contribution in [0.25, 0.3) is 0 Å². The molecule has 0 bridgehead atoms. The summed E-state index contributed by atoms with van der Waals surface area (Å²) in [5.41, 5.74) is 0.973. The third-order valence-electron chi connectivity index (χ3n) is 5.63. The summed E-state index contributed by atoms with van der Waals surface area (Å²) in [5, 5.41) is 8.79. The molecular weight excluding hydrogens is 522 g/mol. The highest BCUT2D eigenvalue weighted by Gasteiger charge is 2.43. The van der Waals surface area contributed by atoms with Gasteiger partial charge in [-0.3, -0.25) is 9.59 Å². The minimum absolute atomic E-state index is 0.0403. The quantitative estimate of drug-likeness (QED) is 0.312. The van der Waals surface area contributed by atoms with Gasteiger partial charge in [-0.05, 0) is 47.3 Å². The molecule has 1 aliphatic heterocycles. The fourth-order valence-corrected chi connectivity index (χ4v) is 4.44. The summed E-state index contributed by atoms with van der Waals surface area (Å²) in [5.74, 6) is -1.07. The van der Waals surface area contributed by atoms with Crippen molar-refractivity contribution in [2.75, 3.05) is 26.4 Å². The number of esters is 1. The molecule has 1 saturated heterocycles. The number of imide groups is 1. The first-order valence-corrected chi connectivity index (χ1v) is 12.3. The number of nitrogens with zero attached hydrogens (tertiary/aromatic N) is 1. The van der Waals surface area contributed by atoms with Crippen molar-refractivity contribution in [2.24, 2.45) is 5.92 Å². The van der Waals surface area contributed by atoms with Gasteiger partial charge in [0.25, 0.3) is 0 Å². The van der Waals surface area contributed by atoms with Crippen LogP contribution < -0.4 is 0 Å². The van der Waals surface area contributed by atoms with Crippen molar-refractivity contribution in [3.8, 4) is 0 Å². The number of aliphatic hydroxyl groups is 1. The fraction of sp³-hybridized carbons (Fsp3) is 0.480. The molecular formula is C25H30BrNO8. The van der Waals surface area contributed by atoms with Crippen LogP contribution in [0.5, 0.6) is 0 Å². The lowest BCUT2D eigenvalue weighted by atomic mass is 9.98. The van der Waals surface area contributed by atoms with E-state index in [1.165, 1.54) is 6.92 Å². The molecule has 3 atom stereocenters. The SMILES string of the molecule is CC(=O)OC(c1cc(Br)c(CCCOCCO)o1)C(C)C(=O)N1C(=O)OCC1Cc1ccccc1. The summed E-state index contributed by atoms with van der Waals surface area (Å²) in [6.45, 7) is 3.62. The van der Waals surface area contributed by atoms with Crippen molar-refractivity contribution in [1.29, 1.82) is 0 Å². The summed E-state index contributed by atoms with van der Waals surface area (Å²) >= 11 is 3.46. The van der Waals surface area contributed by atoms with Crippen LogP contribution in [-0.4, -0.2) is 60.4 Å². The van der Waals surface area contributed by atoms with E-state index >= 15 is 0 Å². The van der Waals surface area contributed by atoms with Crippen LogP contribution in [0.4, 0.5) is 4.79 Å². The molecule has 10 heteroatoms. The molecule has 3 rings (SSSR count). The van der Waals surface area contributed by atoms with Gasteiger partial charge in [0.1, 0.15) is 18.1 Å². The molecule has 0 spiro atoms. The Labute approximate surface area is 212 Å². The average Bonchev–Trinajstić information content (AvgIpc) is 3.38. The normalized spacial score (nSPS) is 17.2. The van der Waals surface area contributed by atoms with E-state index in [4.69, 9.17) is 23.7 Å². The highest BCUT2D eigenvalue weighted by molar-refractivity contribution is 9.10. The summed E-state index contributed by atoms with van der Waals surface area (Å²) in [6, 6.07) is 10.7. The van der Waals surface area contributed by atoms with Crippen LogP contribution in [0.3, 0.4) is 0 Å². The Morgan fingerprint density at radius 2 is 2.00 bits per heavy atom. The lowest BCUT2D eigenvalue weighted by molar-refractivity contribution is -0.154. The second-order valence-corrected chi connectivity index (χ2v) is 9.16. The molecule has 3 unspecified atom stereocenters. The number of furan rings is 1. The molecule has 0 radical (unpaired) electrons. The zero-order chi connectivity index (χ0) is 25.4. The number of carbonyl (C=O) groups is 3. The molecule has 1 aromatic carbocycles. The summed E-state index contributed by atoms with van der Waals surface area (Å²) in [6.07, 6.45) is -0.0921. The number of cyclic esters (lactones) is 1. The number of hydrogen-bond acceptors (Lipinski definition) is 8. The first kappa shape index (κ1) is 26.9. The molecule has 1 aliphatic rings. The van der Waals surface area contributed by atoms with Crippen molar-refractivity contribution in [3.63, 3.8) is 0 Å². The van der Waals surface area contributed by atoms with Gasteiger partial charge in [0.05, 0.1) is 29.6 Å². The molecule has 0 saturated carbocycles. The number of aryl methyl sites for hydroxylation is 1. The van der Waals surface area contributed by atoms with Gasteiger partial charge in [-0.2, -0.15) is 0 Å². The van der Waals surface area contributed by atoms with E-state index in [0.29, 0.717) is 41.9 Å². The Hall–Kier alpha value is -2.69. The van der Waals surface area contributed by atoms with Crippen molar-refractivity contribution in [2.45, 2.75) is 45.3 Å². The monoisotopic (exact) mass is 551 g/mol. The van der Waals surface area contributed by atoms with Crippen LogP contribution in [0.2, 0.25) is 0 Å². The van der Waals surface area contributed by atoms with Gasteiger partial charge < -0.3 is 23.7 Å². The van der Waals surface area contributed by atoms with Gasteiger partial charge in [0.15, 0.2) is 6.10 Å². The second kappa shape index (κ2) is 12.9. The largest absolute Gasteiger partial charge is 0.461 e. The summed E-state index contributed by atoms with van der Waals surface area (Å²) in [7, 11) is 0. The maximum Gasteiger partial charge on any atom is 0.416 e. The molecule has 2 heterocycles. The lowest BCUT2D eigenvalue weighted by Crippen LogP contribution is -2.44. The first-order valence-electron chi connectivity index (χ1n) is 11.5. The fourth-order valence-electron chi connectivity index (χ4n) is 3.94. The van der Waals surface area contributed by atoms with Gasteiger partial charge in [-0.15, -0.1) is 0 Å². The number of ether oxygens (including phenoxy) is 3. The maximum atomic E-state index is 13.5. The standard InChI is InChI=1S/C25H30BrNO8/c1-16(24(30)27-19(15-33-25(27)31)13-18-7-4-3-5-8-18)23(34-17(2)29)22-14-20(26)21(35-22)9-6-11-32-12-10-28/h3-5,7-8,14,16,19,23,28H,6,9-13,15H2,1-2H3. The number of benzene rings is 1. The third-order valence-corrected chi connectivity index (χ3v) is 6.31. The minimum atomic E-state index is -1.03. The first-order chi connectivity index (χ1) is 16.8. The van der Waals surface area contributed by atoms with Gasteiger partial charge in [-0.1, -0.05) is 30.3 Å². The van der Waals surface area contributed by atoms with Crippen molar-refractivity contribution >= 4 is 33.9 Å². The van der Waals surface area contributed by atoms with E-state index in [9.17, 15) is 14.4 Å². The molecule has 190 valence electrons. The maximum absolute atomic E-state index is 13.5. The molecule has 35 heavy (non-hydrogen) atoms. The zero-order valence-corrected chi connectivity index (χ0v) is 21.4. The predicted molar refractivity (Wildman–Crippen MR) is 128 cm³/mol. The molecule has 2 aromatic rings. The van der Waals surface area contributed by atoms with E-state index < -0.39 is 36.0 Å². The number of hydrogen-bond donors (Lipinski definition) is 1. The van der Waals surface area contributed by atoms with Crippen molar-refractivity contribution < 1.29 is 38.1 Å². The number of amides is 2. The van der Waals surface area contributed by atoms with Crippen LogP contribution in [0.1, 0.15) is 43.5 Å². The highest BCUT2D eigenvalue weighted by atomic mass is 79.9. The zero-order valence-electron chi connectivity index (χ0n) is 19.8. The minimum Gasteiger partial charge on any atom is -0.461 e. The molecule has 9 nitrogen and oxygen atoms in total. The molecule has 2 amide bonds. The molecule has 0 aliphatic carbocycles. The van der Waals surface area contributed by atoms with Crippen LogP contribution in [-0.2, 0) is 36.6 Å². The van der Waals surface area contributed by atoms with Gasteiger partial charge in [0, 0.05) is 20.0 Å². The predicted octanol–water partition coefficient (Wildman–Crippen LogP) is 3.81. The Morgan fingerprint density at radius 1 is 1.26 bits per heavy atom. The summed E-state index contributed by atoms with van der Waals surface area (Å²) in [4.78, 5) is 38.9. The van der Waals surface area contributed by atoms with Gasteiger partial charge >= 0.3 is 12.1 Å². The van der Waals surface area contributed by atoms with E-state index in [0.717, 1.165) is 10.5 Å². The highest BCUT2D eigenvalue weighted by Crippen LogP contribution is 2.35. The van der Waals surface area contributed by atoms with E-state index in [2.05, 4.69) is 15.9 Å². The summed E-state index contributed by atoms with van der Waals surface area (Å²) < 4.78 is 22.6. The molecule has 1 aromatic heterocycles. The Kier molecular flexibility index (Phi) is 9.88. The topological polar surface area (TPSA) is 116 Å². The van der Waals surface area contributed by atoms with Crippen molar-refractivity contribution in [1.82, 2.24) is 4.90 Å². The van der Waals surface area contributed by atoms with Gasteiger partial charge in [0.2, 0.25) is 5.91 Å². The number of carbonyl (C=O) groups excluding carboxylic acids is 3. The Bertz CT molecular complexity index is 1010. The lowest BCUT2D eigenvalue weighted by Gasteiger charge is -2.27. The van der Waals surface area contributed by atoms with E-state index in [1.807, 2.05) is 30.3 Å². The number of halogens is 1. The van der Waals surface area contributed by atoms with Crippen LogP contribution >= 0.6 is 15.9 Å².